The summed E-state index contributed by atoms with van der Waals surface area (Å²) in [5.74, 6) is 0. The molecule has 0 fully saturated rings. The topological polar surface area (TPSA) is 65.6 Å². The molecule has 0 amide bonds. The highest BCUT2D eigenvalue weighted by molar-refractivity contribution is 5.60. The Balaban J connectivity index is 2.14. The lowest BCUT2D eigenvalue weighted by Gasteiger charge is -2.06. The van der Waals surface area contributed by atoms with Gasteiger partial charge in [-0.1, -0.05) is 0 Å². The van der Waals surface area contributed by atoms with Crippen molar-refractivity contribution >= 4 is 0 Å². The first-order valence-electron chi connectivity index (χ1n) is 5.71. The van der Waals surface area contributed by atoms with Gasteiger partial charge in [0.25, 0.3) is 5.56 Å². The Hall–Kier alpha value is -2.76. The van der Waals surface area contributed by atoms with Crippen LogP contribution in [-0.4, -0.2) is 24.3 Å². The van der Waals surface area contributed by atoms with Gasteiger partial charge in [-0.3, -0.25) is 14.0 Å². The molecular formula is C13H11N5O. The van der Waals surface area contributed by atoms with Gasteiger partial charge in [0.1, 0.15) is 6.33 Å². The molecule has 0 radical (unpaired) electrons. The van der Waals surface area contributed by atoms with E-state index in [2.05, 4.69) is 15.1 Å². The van der Waals surface area contributed by atoms with Crippen molar-refractivity contribution in [3.05, 3.63) is 59.8 Å². The average Bonchev–Trinajstić information content (AvgIpc) is 2.87. The van der Waals surface area contributed by atoms with Crippen molar-refractivity contribution in [1.82, 2.24) is 24.3 Å². The maximum atomic E-state index is 11.9. The Morgan fingerprint density at radius 2 is 1.79 bits per heavy atom. The zero-order valence-electron chi connectivity index (χ0n) is 10.3. The molecule has 0 spiro atoms. The maximum absolute atomic E-state index is 11.9. The molecule has 0 aliphatic carbocycles. The molecule has 0 unspecified atom stereocenters. The van der Waals surface area contributed by atoms with Crippen LogP contribution < -0.4 is 5.56 Å². The summed E-state index contributed by atoms with van der Waals surface area (Å²) in [6, 6.07) is 3.30. The highest BCUT2D eigenvalue weighted by Gasteiger charge is 2.05. The van der Waals surface area contributed by atoms with Gasteiger partial charge in [0.05, 0.1) is 24.3 Å². The molecule has 6 heteroatoms. The monoisotopic (exact) mass is 253 g/mol. The van der Waals surface area contributed by atoms with Gasteiger partial charge in [-0.05, 0) is 6.07 Å². The van der Waals surface area contributed by atoms with Crippen LogP contribution in [-0.2, 0) is 7.05 Å². The summed E-state index contributed by atoms with van der Waals surface area (Å²) in [6.07, 6.45) is 10.0. The van der Waals surface area contributed by atoms with Crippen molar-refractivity contribution in [2.75, 3.05) is 0 Å². The molecule has 0 aliphatic rings. The summed E-state index contributed by atoms with van der Waals surface area (Å²) in [7, 11) is 1.85. The smallest absolute Gasteiger partial charge is 0.255 e. The number of aryl methyl sites for hydroxylation is 1. The lowest BCUT2D eigenvalue weighted by Crippen LogP contribution is -2.16. The highest BCUT2D eigenvalue weighted by Crippen LogP contribution is 2.17. The van der Waals surface area contributed by atoms with Crippen molar-refractivity contribution < 1.29 is 0 Å². The summed E-state index contributed by atoms with van der Waals surface area (Å²) in [6.45, 7) is 0. The first-order chi connectivity index (χ1) is 9.24. The Kier molecular flexibility index (Phi) is 2.68. The van der Waals surface area contributed by atoms with Gasteiger partial charge < -0.3 is 0 Å². The number of aromatic nitrogens is 5. The van der Waals surface area contributed by atoms with Crippen molar-refractivity contribution in [3.63, 3.8) is 0 Å². The summed E-state index contributed by atoms with van der Waals surface area (Å²) < 4.78 is 3.23. The average molecular weight is 253 g/mol. The van der Waals surface area contributed by atoms with E-state index >= 15 is 0 Å². The fourth-order valence-electron chi connectivity index (χ4n) is 1.85. The van der Waals surface area contributed by atoms with E-state index in [1.165, 1.54) is 17.0 Å². The molecule has 0 atom stereocenters. The Morgan fingerprint density at radius 1 is 1.00 bits per heavy atom. The SMILES string of the molecule is Cn1cc(-c2ccc(=O)n(-c3cncnc3)c2)cn1. The highest BCUT2D eigenvalue weighted by atomic mass is 16.1. The maximum Gasteiger partial charge on any atom is 0.255 e. The van der Waals surface area contributed by atoms with Crippen LogP contribution in [0.1, 0.15) is 0 Å². The van der Waals surface area contributed by atoms with Gasteiger partial charge in [-0.2, -0.15) is 5.10 Å². The Morgan fingerprint density at radius 3 is 2.47 bits per heavy atom. The van der Waals surface area contributed by atoms with E-state index in [1.54, 1.807) is 35.5 Å². The predicted octanol–water partition coefficient (Wildman–Crippen LogP) is 1.03. The van der Waals surface area contributed by atoms with E-state index in [9.17, 15) is 4.79 Å². The van der Waals surface area contributed by atoms with Crippen LogP contribution in [0.2, 0.25) is 0 Å². The Labute approximate surface area is 109 Å². The molecule has 19 heavy (non-hydrogen) atoms. The molecule has 6 nitrogen and oxygen atoms in total. The van der Waals surface area contributed by atoms with Crippen LogP contribution in [0.4, 0.5) is 0 Å². The van der Waals surface area contributed by atoms with Gasteiger partial charge in [-0.25, -0.2) is 9.97 Å². The van der Waals surface area contributed by atoms with E-state index in [0.29, 0.717) is 5.69 Å². The molecular weight excluding hydrogens is 242 g/mol. The molecule has 3 rings (SSSR count). The minimum atomic E-state index is -0.123. The van der Waals surface area contributed by atoms with Gasteiger partial charge >= 0.3 is 0 Å². The fourth-order valence-corrected chi connectivity index (χ4v) is 1.85. The molecule has 0 saturated heterocycles. The lowest BCUT2D eigenvalue weighted by molar-refractivity contribution is 0.768. The third-order valence-corrected chi connectivity index (χ3v) is 2.77. The largest absolute Gasteiger partial charge is 0.281 e. The second-order valence-electron chi connectivity index (χ2n) is 4.13. The van der Waals surface area contributed by atoms with E-state index in [1.807, 2.05) is 13.2 Å². The molecule has 0 N–H and O–H groups in total. The van der Waals surface area contributed by atoms with Crippen LogP contribution in [0, 0.1) is 0 Å². The van der Waals surface area contributed by atoms with E-state index < -0.39 is 0 Å². The second kappa shape index (κ2) is 4.49. The van der Waals surface area contributed by atoms with Gasteiger partial charge in [0, 0.05) is 36.6 Å². The predicted molar refractivity (Wildman–Crippen MR) is 69.8 cm³/mol. The molecule has 0 saturated carbocycles. The molecule has 3 aromatic rings. The standard InChI is InChI=1S/C13H11N5O/c1-17-7-11(4-16-17)10-2-3-13(19)18(8-10)12-5-14-9-15-6-12/h2-9H,1H3. The molecule has 3 aromatic heterocycles. The van der Waals surface area contributed by atoms with Crippen molar-refractivity contribution in [1.29, 1.82) is 0 Å². The molecule has 0 aromatic carbocycles. The van der Waals surface area contributed by atoms with Crippen LogP contribution in [0.3, 0.4) is 0 Å². The zero-order valence-corrected chi connectivity index (χ0v) is 10.3. The van der Waals surface area contributed by atoms with E-state index in [0.717, 1.165) is 11.1 Å². The van der Waals surface area contributed by atoms with Crippen LogP contribution in [0.15, 0.2) is 54.2 Å². The minimum Gasteiger partial charge on any atom is -0.281 e. The molecule has 0 bridgehead atoms. The second-order valence-corrected chi connectivity index (χ2v) is 4.13. The van der Waals surface area contributed by atoms with Gasteiger partial charge in [-0.15, -0.1) is 0 Å². The van der Waals surface area contributed by atoms with Crippen LogP contribution in [0.25, 0.3) is 16.8 Å². The van der Waals surface area contributed by atoms with Gasteiger partial charge in [0.15, 0.2) is 0 Å². The third kappa shape index (κ3) is 2.15. The van der Waals surface area contributed by atoms with E-state index in [4.69, 9.17) is 0 Å². The third-order valence-electron chi connectivity index (χ3n) is 2.77. The van der Waals surface area contributed by atoms with Crippen molar-refractivity contribution in [2.24, 2.45) is 7.05 Å². The summed E-state index contributed by atoms with van der Waals surface area (Å²) in [5, 5.41) is 4.12. The van der Waals surface area contributed by atoms with Crippen LogP contribution >= 0.6 is 0 Å². The number of pyridine rings is 1. The Bertz CT molecular complexity index is 760. The summed E-state index contributed by atoms with van der Waals surface area (Å²) in [5.41, 5.74) is 2.38. The zero-order chi connectivity index (χ0) is 13.2. The number of hydrogen-bond donors (Lipinski definition) is 0. The molecule has 0 aliphatic heterocycles. The normalized spacial score (nSPS) is 10.6. The number of hydrogen-bond acceptors (Lipinski definition) is 4. The molecule has 94 valence electrons. The minimum absolute atomic E-state index is 0.123. The number of nitrogens with zero attached hydrogens (tertiary/aromatic N) is 5. The van der Waals surface area contributed by atoms with Crippen molar-refractivity contribution in [3.8, 4) is 16.8 Å². The quantitative estimate of drug-likeness (QED) is 0.684. The first-order valence-corrected chi connectivity index (χ1v) is 5.71. The van der Waals surface area contributed by atoms with Crippen LogP contribution in [0.5, 0.6) is 0 Å². The first kappa shape index (κ1) is 11.3. The number of rotatable bonds is 2. The molecule has 3 heterocycles. The van der Waals surface area contributed by atoms with Crippen molar-refractivity contribution in [2.45, 2.75) is 0 Å². The fraction of sp³-hybridized carbons (Fsp3) is 0.0769. The summed E-state index contributed by atoms with van der Waals surface area (Å²) in [4.78, 5) is 19.7. The summed E-state index contributed by atoms with van der Waals surface area (Å²) >= 11 is 0. The lowest BCUT2D eigenvalue weighted by atomic mass is 10.1. The van der Waals surface area contributed by atoms with E-state index in [-0.39, 0.29) is 5.56 Å². The van der Waals surface area contributed by atoms with Gasteiger partial charge in [0.2, 0.25) is 0 Å².